The van der Waals surface area contributed by atoms with E-state index in [1.165, 1.54) is 5.56 Å². The van der Waals surface area contributed by atoms with Crippen molar-refractivity contribution in [3.8, 4) is 5.75 Å². The average Bonchev–Trinajstić information content (AvgIpc) is 2.75. The number of carbonyl (C=O) groups excluding carboxylic acids is 1. The molecule has 2 amide bonds. The van der Waals surface area contributed by atoms with Gasteiger partial charge < -0.3 is 15.0 Å². The summed E-state index contributed by atoms with van der Waals surface area (Å²) >= 11 is 0. The van der Waals surface area contributed by atoms with E-state index in [0.717, 1.165) is 36.0 Å². The zero-order valence-electron chi connectivity index (χ0n) is 15.7. The highest BCUT2D eigenvalue weighted by Crippen LogP contribution is 2.32. The molecule has 1 N–H and O–H groups in total. The topological polar surface area (TPSA) is 57.7 Å². The van der Waals surface area contributed by atoms with E-state index in [2.05, 4.69) is 27.3 Å². The first-order chi connectivity index (χ1) is 13.7. The van der Waals surface area contributed by atoms with E-state index >= 15 is 0 Å². The van der Waals surface area contributed by atoms with Crippen molar-refractivity contribution in [2.45, 2.75) is 6.54 Å². The smallest absolute Gasteiger partial charge is 0.326 e. The first kappa shape index (κ1) is 17.9. The molecule has 0 fully saturated rings. The number of benzene rings is 2. The van der Waals surface area contributed by atoms with Gasteiger partial charge in [-0.2, -0.15) is 0 Å². The number of carbonyl (C=O) groups is 1. The lowest BCUT2D eigenvalue weighted by Crippen LogP contribution is -2.46. The second-order valence-electron chi connectivity index (χ2n) is 6.56. The summed E-state index contributed by atoms with van der Waals surface area (Å²) in [6.45, 7) is 2.07. The standard InChI is InChI=1S/C22H22N4O2/c1-28-19-11-9-18(10-12-19)24-22(27)26-15-14-25(16-17-6-3-2-4-7-17)21-20(26)8-5-13-23-21/h2-13H,14-16H2,1H3,(H,24,27). The Morgan fingerprint density at radius 3 is 2.57 bits per heavy atom. The van der Waals surface area contributed by atoms with Gasteiger partial charge in [0.25, 0.3) is 0 Å². The molecule has 0 saturated heterocycles. The number of hydrogen-bond acceptors (Lipinski definition) is 4. The van der Waals surface area contributed by atoms with Crippen LogP contribution in [-0.2, 0) is 6.54 Å². The SMILES string of the molecule is COc1ccc(NC(=O)N2CCN(Cc3ccccc3)c3ncccc32)cc1. The van der Waals surface area contributed by atoms with Crippen molar-refractivity contribution in [2.24, 2.45) is 0 Å². The summed E-state index contributed by atoms with van der Waals surface area (Å²) in [5, 5.41) is 2.95. The van der Waals surface area contributed by atoms with E-state index < -0.39 is 0 Å². The normalized spacial score (nSPS) is 13.0. The number of ether oxygens (including phenoxy) is 1. The second-order valence-corrected chi connectivity index (χ2v) is 6.56. The number of rotatable bonds is 4. The van der Waals surface area contributed by atoms with Crippen LogP contribution < -0.4 is 19.9 Å². The molecule has 0 saturated carbocycles. The summed E-state index contributed by atoms with van der Waals surface area (Å²) in [4.78, 5) is 21.4. The van der Waals surface area contributed by atoms with Crippen LogP contribution in [0.15, 0.2) is 72.9 Å². The zero-order valence-corrected chi connectivity index (χ0v) is 15.7. The molecule has 0 bridgehead atoms. The van der Waals surface area contributed by atoms with E-state index in [1.54, 1.807) is 18.2 Å². The van der Waals surface area contributed by atoms with Gasteiger partial charge in [-0.25, -0.2) is 9.78 Å². The average molecular weight is 374 g/mol. The van der Waals surface area contributed by atoms with Crippen molar-refractivity contribution in [1.82, 2.24) is 4.98 Å². The Balaban J connectivity index is 1.53. The van der Waals surface area contributed by atoms with Crippen molar-refractivity contribution in [1.29, 1.82) is 0 Å². The van der Waals surface area contributed by atoms with Crippen molar-refractivity contribution < 1.29 is 9.53 Å². The van der Waals surface area contributed by atoms with Crippen molar-refractivity contribution in [3.63, 3.8) is 0 Å². The lowest BCUT2D eigenvalue weighted by Gasteiger charge is -2.36. The second kappa shape index (κ2) is 8.00. The molecule has 0 spiro atoms. The van der Waals surface area contributed by atoms with Gasteiger partial charge in [-0.1, -0.05) is 30.3 Å². The predicted octanol–water partition coefficient (Wildman–Crippen LogP) is 4.15. The van der Waals surface area contributed by atoms with Crippen LogP contribution in [0.4, 0.5) is 22.0 Å². The van der Waals surface area contributed by atoms with Crippen molar-refractivity contribution >= 4 is 23.2 Å². The van der Waals surface area contributed by atoms with Gasteiger partial charge in [0.15, 0.2) is 5.82 Å². The number of fused-ring (bicyclic) bond motifs is 1. The highest BCUT2D eigenvalue weighted by atomic mass is 16.5. The van der Waals surface area contributed by atoms with Crippen LogP contribution in [0.3, 0.4) is 0 Å². The summed E-state index contributed by atoms with van der Waals surface area (Å²) in [6.07, 6.45) is 1.77. The Morgan fingerprint density at radius 2 is 1.82 bits per heavy atom. The van der Waals surface area contributed by atoms with E-state index in [9.17, 15) is 4.79 Å². The molecule has 28 heavy (non-hydrogen) atoms. The Kier molecular flexibility index (Phi) is 5.10. The lowest BCUT2D eigenvalue weighted by molar-refractivity contribution is 0.256. The van der Waals surface area contributed by atoms with Gasteiger partial charge in [-0.05, 0) is 42.0 Å². The molecule has 6 nitrogen and oxygen atoms in total. The Hall–Kier alpha value is -3.54. The van der Waals surface area contributed by atoms with Crippen LogP contribution in [0.2, 0.25) is 0 Å². The Morgan fingerprint density at radius 1 is 1.04 bits per heavy atom. The molecule has 1 aliphatic heterocycles. The third-order valence-electron chi connectivity index (χ3n) is 4.75. The molecule has 0 radical (unpaired) electrons. The molecule has 1 aliphatic rings. The minimum absolute atomic E-state index is 0.168. The Labute approximate surface area is 164 Å². The highest BCUT2D eigenvalue weighted by Gasteiger charge is 2.27. The maximum absolute atomic E-state index is 12.9. The molecule has 0 atom stereocenters. The monoisotopic (exact) mass is 374 g/mol. The number of urea groups is 1. The van der Waals surface area contributed by atoms with Gasteiger partial charge in [0.2, 0.25) is 0 Å². The number of methoxy groups -OCH3 is 1. The van der Waals surface area contributed by atoms with Crippen LogP contribution >= 0.6 is 0 Å². The van der Waals surface area contributed by atoms with E-state index in [1.807, 2.05) is 54.6 Å². The van der Waals surface area contributed by atoms with Crippen molar-refractivity contribution in [3.05, 3.63) is 78.5 Å². The summed E-state index contributed by atoms with van der Waals surface area (Å²) < 4.78 is 5.16. The Bertz CT molecular complexity index is 944. The maximum Gasteiger partial charge on any atom is 0.326 e. The van der Waals surface area contributed by atoms with Crippen LogP contribution in [0, 0.1) is 0 Å². The molecule has 0 aliphatic carbocycles. The van der Waals surface area contributed by atoms with Gasteiger partial charge in [-0.3, -0.25) is 4.90 Å². The van der Waals surface area contributed by atoms with Gasteiger partial charge in [0.1, 0.15) is 5.75 Å². The quantitative estimate of drug-likeness (QED) is 0.745. The molecule has 142 valence electrons. The molecule has 6 heteroatoms. The summed E-state index contributed by atoms with van der Waals surface area (Å²) in [7, 11) is 1.62. The first-order valence-corrected chi connectivity index (χ1v) is 9.21. The van der Waals surface area contributed by atoms with E-state index in [-0.39, 0.29) is 6.03 Å². The van der Waals surface area contributed by atoms with Gasteiger partial charge >= 0.3 is 6.03 Å². The number of nitrogens with zero attached hydrogens (tertiary/aromatic N) is 3. The molecular weight excluding hydrogens is 352 g/mol. The summed E-state index contributed by atoms with van der Waals surface area (Å²) in [6, 6.07) is 21.2. The van der Waals surface area contributed by atoms with Crippen molar-refractivity contribution in [2.75, 3.05) is 35.3 Å². The molecule has 0 unspecified atom stereocenters. The van der Waals surface area contributed by atoms with Gasteiger partial charge in [0.05, 0.1) is 12.8 Å². The van der Waals surface area contributed by atoms with Gasteiger partial charge in [0, 0.05) is 31.5 Å². The zero-order chi connectivity index (χ0) is 19.3. The number of hydrogen-bond donors (Lipinski definition) is 1. The molecule has 4 rings (SSSR count). The van der Waals surface area contributed by atoms with Crippen LogP contribution in [-0.4, -0.2) is 31.2 Å². The highest BCUT2D eigenvalue weighted by molar-refractivity contribution is 6.04. The number of anilines is 3. The summed E-state index contributed by atoms with van der Waals surface area (Å²) in [5.74, 6) is 1.57. The first-order valence-electron chi connectivity index (χ1n) is 9.21. The number of aromatic nitrogens is 1. The molecule has 2 heterocycles. The maximum atomic E-state index is 12.9. The third kappa shape index (κ3) is 3.76. The summed E-state index contributed by atoms with van der Waals surface area (Å²) in [5.41, 5.74) is 2.76. The minimum atomic E-state index is -0.168. The minimum Gasteiger partial charge on any atom is -0.497 e. The fourth-order valence-corrected chi connectivity index (χ4v) is 3.32. The van der Waals surface area contributed by atoms with E-state index in [0.29, 0.717) is 6.54 Å². The largest absolute Gasteiger partial charge is 0.497 e. The van der Waals surface area contributed by atoms with Gasteiger partial charge in [-0.15, -0.1) is 0 Å². The third-order valence-corrected chi connectivity index (χ3v) is 4.75. The van der Waals surface area contributed by atoms with E-state index in [4.69, 9.17) is 4.74 Å². The molecule has 1 aromatic heterocycles. The predicted molar refractivity (Wildman–Crippen MR) is 111 cm³/mol. The van der Waals surface area contributed by atoms with Crippen LogP contribution in [0.1, 0.15) is 5.56 Å². The molecular formula is C22H22N4O2. The fourth-order valence-electron chi connectivity index (χ4n) is 3.32. The fraction of sp³-hybridized carbons (Fsp3) is 0.182. The number of amides is 2. The number of pyridine rings is 1. The molecule has 3 aromatic rings. The number of nitrogens with one attached hydrogen (secondary N) is 1. The molecule has 2 aromatic carbocycles. The van der Waals surface area contributed by atoms with Crippen LogP contribution in [0.25, 0.3) is 0 Å². The lowest BCUT2D eigenvalue weighted by atomic mass is 10.2. The van der Waals surface area contributed by atoms with Crippen LogP contribution in [0.5, 0.6) is 5.75 Å².